The second kappa shape index (κ2) is 6.20. The van der Waals surface area contributed by atoms with Crippen LogP contribution in [0.1, 0.15) is 19.3 Å². The van der Waals surface area contributed by atoms with Crippen molar-refractivity contribution in [2.24, 2.45) is 0 Å². The smallest absolute Gasteiger partial charge is 0.236 e. The lowest BCUT2D eigenvalue weighted by atomic mass is 10.1. The number of nitrogens with zero attached hydrogens (tertiary/aromatic N) is 3. The van der Waals surface area contributed by atoms with Crippen molar-refractivity contribution in [3.8, 4) is 0 Å². The summed E-state index contributed by atoms with van der Waals surface area (Å²) in [6.07, 6.45) is 3.74. The van der Waals surface area contributed by atoms with Crippen molar-refractivity contribution < 1.29 is 4.79 Å². The molecule has 5 heteroatoms. The zero-order valence-electron chi connectivity index (χ0n) is 11.8. The fourth-order valence-electron chi connectivity index (χ4n) is 3.59. The van der Waals surface area contributed by atoms with Crippen LogP contribution in [-0.4, -0.2) is 85.6 Å². The van der Waals surface area contributed by atoms with Gasteiger partial charge in [-0.05, 0) is 32.4 Å². The second-order valence-electron chi connectivity index (χ2n) is 6.05. The molecule has 108 valence electrons. The van der Waals surface area contributed by atoms with Crippen LogP contribution in [0.4, 0.5) is 0 Å². The Labute approximate surface area is 115 Å². The average molecular weight is 266 g/mol. The SMILES string of the molecule is O=C(CN1CCN2CCCC2C1)N1CCCNCC1. The zero-order chi connectivity index (χ0) is 13.1. The van der Waals surface area contributed by atoms with E-state index < -0.39 is 0 Å². The molecule has 1 amide bonds. The molecule has 19 heavy (non-hydrogen) atoms. The first kappa shape index (κ1) is 13.3. The van der Waals surface area contributed by atoms with E-state index in [1.165, 1.54) is 19.4 Å². The van der Waals surface area contributed by atoms with Gasteiger partial charge in [0.2, 0.25) is 5.91 Å². The predicted octanol–water partition coefficient (Wildman–Crippen LogP) is -0.412. The topological polar surface area (TPSA) is 38.8 Å². The summed E-state index contributed by atoms with van der Waals surface area (Å²) in [6.45, 7) is 9.00. The lowest BCUT2D eigenvalue weighted by molar-refractivity contribution is -0.132. The molecule has 1 atom stereocenters. The van der Waals surface area contributed by atoms with Crippen LogP contribution in [0, 0.1) is 0 Å². The molecule has 0 aromatic rings. The van der Waals surface area contributed by atoms with E-state index in [1.807, 2.05) is 4.90 Å². The monoisotopic (exact) mass is 266 g/mol. The summed E-state index contributed by atoms with van der Waals surface area (Å²) in [5, 5.41) is 3.35. The Hall–Kier alpha value is -0.650. The van der Waals surface area contributed by atoms with E-state index in [-0.39, 0.29) is 0 Å². The van der Waals surface area contributed by atoms with Crippen molar-refractivity contribution in [2.75, 3.05) is 58.9 Å². The van der Waals surface area contributed by atoms with Gasteiger partial charge in [0, 0.05) is 45.3 Å². The average Bonchev–Trinajstić information content (AvgIpc) is 2.71. The second-order valence-corrected chi connectivity index (χ2v) is 6.05. The van der Waals surface area contributed by atoms with Gasteiger partial charge < -0.3 is 10.2 Å². The third-order valence-electron chi connectivity index (χ3n) is 4.72. The Morgan fingerprint density at radius 1 is 1.05 bits per heavy atom. The molecular formula is C14H26N4O. The van der Waals surface area contributed by atoms with Crippen LogP contribution >= 0.6 is 0 Å². The highest BCUT2D eigenvalue weighted by molar-refractivity contribution is 5.78. The van der Waals surface area contributed by atoms with E-state index in [4.69, 9.17) is 0 Å². The normalized spacial score (nSPS) is 30.1. The number of carbonyl (C=O) groups excluding carboxylic acids is 1. The number of amides is 1. The van der Waals surface area contributed by atoms with Crippen LogP contribution in [0.15, 0.2) is 0 Å². The van der Waals surface area contributed by atoms with Crippen LogP contribution in [0.2, 0.25) is 0 Å². The molecule has 3 aliphatic heterocycles. The molecule has 3 aliphatic rings. The third-order valence-corrected chi connectivity index (χ3v) is 4.72. The van der Waals surface area contributed by atoms with Crippen molar-refractivity contribution in [1.29, 1.82) is 0 Å². The summed E-state index contributed by atoms with van der Waals surface area (Å²) < 4.78 is 0. The van der Waals surface area contributed by atoms with Gasteiger partial charge in [-0.1, -0.05) is 0 Å². The molecule has 0 saturated carbocycles. The first-order valence-electron chi connectivity index (χ1n) is 7.78. The lowest BCUT2D eigenvalue weighted by Crippen LogP contribution is -2.53. The van der Waals surface area contributed by atoms with E-state index in [1.54, 1.807) is 0 Å². The highest BCUT2D eigenvalue weighted by atomic mass is 16.2. The third kappa shape index (κ3) is 3.27. The molecule has 3 heterocycles. The van der Waals surface area contributed by atoms with Gasteiger partial charge in [-0.15, -0.1) is 0 Å². The molecule has 0 aromatic carbocycles. The zero-order valence-corrected chi connectivity index (χ0v) is 11.8. The largest absolute Gasteiger partial charge is 0.340 e. The van der Waals surface area contributed by atoms with Crippen LogP contribution in [0.3, 0.4) is 0 Å². The molecule has 1 unspecified atom stereocenters. The van der Waals surface area contributed by atoms with Crippen molar-refractivity contribution in [2.45, 2.75) is 25.3 Å². The number of nitrogens with one attached hydrogen (secondary N) is 1. The summed E-state index contributed by atoms with van der Waals surface area (Å²) in [4.78, 5) is 19.4. The molecule has 3 fully saturated rings. The van der Waals surface area contributed by atoms with Gasteiger partial charge in [0.05, 0.1) is 6.54 Å². The Morgan fingerprint density at radius 2 is 2.00 bits per heavy atom. The van der Waals surface area contributed by atoms with Gasteiger partial charge in [0.15, 0.2) is 0 Å². The standard InChI is InChI=1S/C14H26N4O/c19-14(18-7-2-4-15-5-8-18)12-16-9-10-17-6-1-3-13(17)11-16/h13,15H,1-12H2. The first-order chi connectivity index (χ1) is 9.33. The van der Waals surface area contributed by atoms with Crippen molar-refractivity contribution in [3.05, 3.63) is 0 Å². The minimum atomic E-state index is 0.329. The Balaban J connectivity index is 1.48. The van der Waals surface area contributed by atoms with E-state index >= 15 is 0 Å². The van der Waals surface area contributed by atoms with E-state index in [0.717, 1.165) is 52.2 Å². The Morgan fingerprint density at radius 3 is 2.95 bits per heavy atom. The van der Waals surface area contributed by atoms with Gasteiger partial charge >= 0.3 is 0 Å². The molecule has 0 spiro atoms. The first-order valence-corrected chi connectivity index (χ1v) is 7.78. The van der Waals surface area contributed by atoms with Crippen molar-refractivity contribution in [3.63, 3.8) is 0 Å². The number of hydrogen-bond acceptors (Lipinski definition) is 4. The Bertz CT molecular complexity index is 315. The molecule has 1 N–H and O–H groups in total. The maximum absolute atomic E-state index is 12.4. The summed E-state index contributed by atoms with van der Waals surface area (Å²) >= 11 is 0. The predicted molar refractivity (Wildman–Crippen MR) is 75.1 cm³/mol. The van der Waals surface area contributed by atoms with E-state index in [2.05, 4.69) is 15.1 Å². The minimum Gasteiger partial charge on any atom is -0.340 e. The number of rotatable bonds is 2. The summed E-state index contributed by atoms with van der Waals surface area (Å²) in [7, 11) is 0. The van der Waals surface area contributed by atoms with Crippen LogP contribution in [0.5, 0.6) is 0 Å². The van der Waals surface area contributed by atoms with E-state index in [0.29, 0.717) is 18.5 Å². The van der Waals surface area contributed by atoms with Crippen molar-refractivity contribution in [1.82, 2.24) is 20.0 Å². The highest BCUT2D eigenvalue weighted by Crippen LogP contribution is 2.21. The minimum absolute atomic E-state index is 0.329. The number of fused-ring (bicyclic) bond motifs is 1. The highest BCUT2D eigenvalue weighted by Gasteiger charge is 2.31. The fourth-order valence-corrected chi connectivity index (χ4v) is 3.59. The van der Waals surface area contributed by atoms with Gasteiger partial charge in [0.1, 0.15) is 0 Å². The molecule has 0 bridgehead atoms. The number of hydrogen-bond donors (Lipinski definition) is 1. The van der Waals surface area contributed by atoms with Gasteiger partial charge in [0.25, 0.3) is 0 Å². The number of piperazine rings is 1. The lowest BCUT2D eigenvalue weighted by Gasteiger charge is -2.37. The molecule has 0 aromatic heterocycles. The number of carbonyl (C=O) groups is 1. The van der Waals surface area contributed by atoms with E-state index in [9.17, 15) is 4.79 Å². The van der Waals surface area contributed by atoms with Gasteiger partial charge in [-0.25, -0.2) is 0 Å². The Kier molecular flexibility index (Phi) is 4.35. The summed E-state index contributed by atoms with van der Waals surface area (Å²) in [6, 6.07) is 0.715. The molecule has 3 saturated heterocycles. The van der Waals surface area contributed by atoms with Crippen molar-refractivity contribution >= 4 is 5.91 Å². The molecular weight excluding hydrogens is 240 g/mol. The summed E-state index contributed by atoms with van der Waals surface area (Å²) in [5.74, 6) is 0.329. The molecule has 0 radical (unpaired) electrons. The quantitative estimate of drug-likeness (QED) is 0.737. The maximum atomic E-state index is 12.4. The fraction of sp³-hybridized carbons (Fsp3) is 0.929. The van der Waals surface area contributed by atoms with Crippen LogP contribution in [-0.2, 0) is 4.79 Å². The molecule has 0 aliphatic carbocycles. The summed E-state index contributed by atoms with van der Waals surface area (Å²) in [5.41, 5.74) is 0. The maximum Gasteiger partial charge on any atom is 0.236 e. The van der Waals surface area contributed by atoms with Gasteiger partial charge in [-0.3, -0.25) is 14.6 Å². The van der Waals surface area contributed by atoms with Gasteiger partial charge in [-0.2, -0.15) is 0 Å². The van der Waals surface area contributed by atoms with Crippen LogP contribution in [0.25, 0.3) is 0 Å². The van der Waals surface area contributed by atoms with Crippen LogP contribution < -0.4 is 5.32 Å². The molecule has 3 rings (SSSR count). The molecule has 5 nitrogen and oxygen atoms in total.